The summed E-state index contributed by atoms with van der Waals surface area (Å²) in [5.74, 6) is 0.322. The predicted molar refractivity (Wildman–Crippen MR) is 31.0 cm³/mol. The van der Waals surface area contributed by atoms with Gasteiger partial charge in [0.1, 0.15) is 5.75 Å². The van der Waals surface area contributed by atoms with Gasteiger partial charge < -0.3 is 5.11 Å². The summed E-state index contributed by atoms with van der Waals surface area (Å²) in [7, 11) is 0. The number of rotatable bonds is 0. The van der Waals surface area contributed by atoms with Crippen LogP contribution in [0, 0.1) is 0 Å². The van der Waals surface area contributed by atoms with Gasteiger partial charge in [0.25, 0.3) is 0 Å². The van der Waals surface area contributed by atoms with Gasteiger partial charge in [0.15, 0.2) is 0 Å². The summed E-state index contributed by atoms with van der Waals surface area (Å²) >= 11 is -1.75. The van der Waals surface area contributed by atoms with Crippen molar-refractivity contribution in [3.05, 3.63) is 30.3 Å². The second-order valence-corrected chi connectivity index (χ2v) is 1.71. The van der Waals surface area contributed by atoms with Crippen molar-refractivity contribution >= 4 is 0 Å². The maximum atomic E-state index is 8.63. The molecule has 0 fully saturated rings. The van der Waals surface area contributed by atoms with E-state index in [1.807, 2.05) is 6.07 Å². The topological polar surface area (TPSA) is 57.5 Å². The van der Waals surface area contributed by atoms with Gasteiger partial charge in [0.05, 0.1) is 0 Å². The average molecular weight is 175 g/mol. The van der Waals surface area contributed by atoms with Crippen molar-refractivity contribution in [3.8, 4) is 5.75 Å². The van der Waals surface area contributed by atoms with E-state index in [4.69, 9.17) is 12.1 Å². The van der Waals surface area contributed by atoms with Crippen LogP contribution in [0.3, 0.4) is 0 Å². The van der Waals surface area contributed by atoms with Gasteiger partial charge in [0, 0.05) is 0 Å². The first-order valence-electron chi connectivity index (χ1n) is 2.56. The summed E-state index contributed by atoms with van der Waals surface area (Å²) in [5.41, 5.74) is 0. The Morgan fingerprint density at radius 3 is 1.80 bits per heavy atom. The Hall–Kier alpha value is -0.506. The fourth-order valence-corrected chi connectivity index (χ4v) is 0.428. The molecule has 0 amide bonds. The zero-order valence-electron chi connectivity index (χ0n) is 5.19. The summed E-state index contributed by atoms with van der Waals surface area (Å²) in [4.78, 5) is 0. The van der Waals surface area contributed by atoms with E-state index in [1.54, 1.807) is 24.3 Å². The molecule has 0 heterocycles. The summed E-state index contributed by atoms with van der Waals surface area (Å²) in [6.07, 6.45) is 0. The van der Waals surface area contributed by atoms with Gasteiger partial charge in [-0.3, -0.25) is 0 Å². The number of benzene rings is 1. The van der Waals surface area contributed by atoms with Crippen molar-refractivity contribution in [1.29, 1.82) is 0 Å². The molecule has 1 aromatic rings. The Bertz CT molecular complexity index is 176. The van der Waals surface area contributed by atoms with Crippen LogP contribution < -0.4 is 0 Å². The monoisotopic (exact) mass is 175 g/mol. The van der Waals surface area contributed by atoms with E-state index >= 15 is 0 Å². The molecular weight excluding hydrogens is 168 g/mol. The van der Waals surface area contributed by atoms with Gasteiger partial charge in [-0.05, 0) is 12.1 Å². The molecule has 2 N–H and O–H groups in total. The van der Waals surface area contributed by atoms with Crippen LogP contribution in [0.4, 0.5) is 0 Å². The van der Waals surface area contributed by atoms with E-state index in [0.717, 1.165) is 0 Å². The summed E-state index contributed by atoms with van der Waals surface area (Å²) < 4.78 is 15.8. The molecule has 0 spiro atoms. The van der Waals surface area contributed by atoms with E-state index in [0.29, 0.717) is 5.75 Å². The van der Waals surface area contributed by atoms with E-state index in [1.165, 1.54) is 0 Å². The van der Waals surface area contributed by atoms with Crippen molar-refractivity contribution < 1.29 is 31.6 Å². The summed E-state index contributed by atoms with van der Waals surface area (Å²) in [6.45, 7) is 0. The number of aromatic hydroxyl groups is 1. The number of phenolic OH excluding ortho intramolecular Hbond substituents is 1. The number of hydrogen-bond donors (Lipinski definition) is 2. The third-order valence-corrected chi connectivity index (χ3v) is 0.756. The Morgan fingerprint density at radius 1 is 1.20 bits per heavy atom. The van der Waals surface area contributed by atoms with Crippen LogP contribution in [-0.4, -0.2) is 8.79 Å². The molecule has 10 heavy (non-hydrogen) atoms. The maximum absolute atomic E-state index is 8.63. The van der Waals surface area contributed by atoms with Crippen molar-refractivity contribution in [2.75, 3.05) is 0 Å². The van der Waals surface area contributed by atoms with Crippen LogP contribution in [0.25, 0.3) is 0 Å². The van der Waals surface area contributed by atoms with Gasteiger partial charge in [-0.2, -0.15) is 0 Å². The molecule has 0 bridgehead atoms. The van der Waals surface area contributed by atoms with Crippen LogP contribution >= 0.6 is 0 Å². The van der Waals surface area contributed by atoms with Crippen molar-refractivity contribution in [2.45, 2.75) is 0 Å². The molecule has 0 aromatic heterocycles. The standard InChI is InChI=1S/C6H6O.H2O.O.Ti/c7-6-4-2-1-3-5-6;;;/h1-5,7H;1H2;;/q;;;+1/p-1. The van der Waals surface area contributed by atoms with Gasteiger partial charge in [-0.25, -0.2) is 0 Å². The molecule has 0 unspecified atom stereocenters. The molecular formula is C6H7O3Ti. The first-order chi connectivity index (χ1) is 4.81. The molecule has 0 saturated heterocycles. The SMILES string of the molecule is Oc1ccccc1.[O]=[Ti][OH]. The Labute approximate surface area is 68.0 Å². The predicted octanol–water partition coefficient (Wildman–Crippen LogP) is 0.714. The Kier molecular flexibility index (Phi) is 6.28. The normalized spacial score (nSPS) is 6.90. The van der Waals surface area contributed by atoms with Crippen LogP contribution in [0.2, 0.25) is 0 Å². The van der Waals surface area contributed by atoms with E-state index in [9.17, 15) is 0 Å². The Morgan fingerprint density at radius 2 is 1.60 bits per heavy atom. The molecule has 4 heteroatoms. The van der Waals surface area contributed by atoms with Crippen LogP contribution in [-0.2, 0) is 22.8 Å². The summed E-state index contributed by atoms with van der Waals surface area (Å²) in [6, 6.07) is 8.71. The number of hydrogen-bond acceptors (Lipinski definition) is 2. The second-order valence-electron chi connectivity index (χ2n) is 1.43. The molecule has 0 aliphatic carbocycles. The quantitative estimate of drug-likeness (QED) is 0.571. The molecule has 1 rings (SSSR count). The van der Waals surface area contributed by atoms with E-state index < -0.39 is 19.5 Å². The van der Waals surface area contributed by atoms with Gasteiger partial charge in [-0.15, -0.1) is 0 Å². The second kappa shape index (κ2) is 6.61. The zero-order chi connectivity index (χ0) is 7.82. The molecule has 0 aliphatic rings. The summed E-state index contributed by atoms with van der Waals surface area (Å²) in [5, 5.41) is 8.63. The molecule has 1 aromatic carbocycles. The van der Waals surface area contributed by atoms with Crippen LogP contribution in [0.15, 0.2) is 30.3 Å². The fraction of sp³-hybridized carbons (Fsp3) is 0. The third kappa shape index (κ3) is 5.63. The average Bonchev–Trinajstić information content (AvgIpc) is 1.91. The third-order valence-electron chi connectivity index (χ3n) is 0.756. The van der Waals surface area contributed by atoms with Gasteiger partial charge in [-0.1, -0.05) is 18.2 Å². The number of para-hydroxylation sites is 1. The zero-order valence-corrected chi connectivity index (χ0v) is 6.75. The van der Waals surface area contributed by atoms with Crippen LogP contribution in [0.5, 0.6) is 5.75 Å². The van der Waals surface area contributed by atoms with E-state index in [2.05, 4.69) is 0 Å². The van der Waals surface area contributed by atoms with Gasteiger partial charge in [0.2, 0.25) is 0 Å². The number of phenols is 1. The van der Waals surface area contributed by atoms with E-state index in [-0.39, 0.29) is 0 Å². The molecule has 3 nitrogen and oxygen atoms in total. The minimum absolute atomic E-state index is 0.322. The molecule has 0 radical (unpaired) electrons. The van der Waals surface area contributed by atoms with Gasteiger partial charge >= 0.3 is 26.5 Å². The molecule has 0 aliphatic heterocycles. The van der Waals surface area contributed by atoms with Crippen molar-refractivity contribution in [1.82, 2.24) is 0 Å². The molecule has 53 valence electrons. The minimum atomic E-state index is -1.75. The first-order valence-corrected chi connectivity index (χ1v) is 3.90. The molecule has 0 atom stereocenters. The Balaban J connectivity index is 0.000000236. The van der Waals surface area contributed by atoms with Crippen molar-refractivity contribution in [2.24, 2.45) is 0 Å². The fourth-order valence-electron chi connectivity index (χ4n) is 0.428. The first kappa shape index (κ1) is 9.49. The van der Waals surface area contributed by atoms with Crippen LogP contribution in [0.1, 0.15) is 0 Å². The van der Waals surface area contributed by atoms with Crippen molar-refractivity contribution in [3.63, 3.8) is 0 Å². The molecule has 0 saturated carbocycles.